The monoisotopic (exact) mass is 222 g/mol. The predicted octanol–water partition coefficient (Wildman–Crippen LogP) is 3.32. The SMILES string of the molecule is C=CC(=O)OC1C[C@@H]2CCCCC(C)C1C2. The topological polar surface area (TPSA) is 26.3 Å². The number of esters is 1. The first-order valence-electron chi connectivity index (χ1n) is 6.53. The van der Waals surface area contributed by atoms with Crippen molar-refractivity contribution in [3.05, 3.63) is 12.7 Å². The van der Waals surface area contributed by atoms with Gasteiger partial charge in [-0.2, -0.15) is 0 Å². The average Bonchev–Trinajstić information content (AvgIpc) is 2.67. The van der Waals surface area contributed by atoms with E-state index < -0.39 is 0 Å². The third kappa shape index (κ3) is 2.47. The largest absolute Gasteiger partial charge is 0.459 e. The summed E-state index contributed by atoms with van der Waals surface area (Å²) in [7, 11) is 0. The summed E-state index contributed by atoms with van der Waals surface area (Å²) in [5, 5.41) is 0. The first-order chi connectivity index (χ1) is 7.70. The fourth-order valence-corrected chi connectivity index (χ4v) is 3.42. The first kappa shape index (κ1) is 11.7. The lowest BCUT2D eigenvalue weighted by Gasteiger charge is -2.26. The van der Waals surface area contributed by atoms with Gasteiger partial charge in [0.15, 0.2) is 0 Å². The first-order valence-corrected chi connectivity index (χ1v) is 6.53. The molecular formula is C14H22O2. The molecule has 4 atom stereocenters. The van der Waals surface area contributed by atoms with Crippen LogP contribution in [0.4, 0.5) is 0 Å². The molecule has 3 unspecified atom stereocenters. The minimum atomic E-state index is -0.248. The van der Waals surface area contributed by atoms with Crippen LogP contribution in [0.5, 0.6) is 0 Å². The van der Waals surface area contributed by atoms with Crippen molar-refractivity contribution in [2.24, 2.45) is 17.8 Å². The molecule has 0 amide bonds. The van der Waals surface area contributed by atoms with Gasteiger partial charge in [0.25, 0.3) is 0 Å². The van der Waals surface area contributed by atoms with Crippen LogP contribution in [-0.4, -0.2) is 12.1 Å². The Morgan fingerprint density at radius 3 is 2.81 bits per heavy atom. The van der Waals surface area contributed by atoms with E-state index in [9.17, 15) is 4.79 Å². The molecule has 0 N–H and O–H groups in total. The zero-order valence-electron chi connectivity index (χ0n) is 10.2. The minimum absolute atomic E-state index is 0.156. The van der Waals surface area contributed by atoms with Crippen molar-refractivity contribution in [2.45, 2.75) is 51.6 Å². The van der Waals surface area contributed by atoms with Gasteiger partial charge in [0.2, 0.25) is 0 Å². The van der Waals surface area contributed by atoms with Crippen molar-refractivity contribution in [3.8, 4) is 0 Å². The Labute approximate surface area is 98.1 Å². The molecule has 2 nitrogen and oxygen atoms in total. The normalized spacial score (nSPS) is 38.6. The molecule has 90 valence electrons. The van der Waals surface area contributed by atoms with Crippen LogP contribution in [0.15, 0.2) is 12.7 Å². The van der Waals surface area contributed by atoms with Crippen LogP contribution in [0.3, 0.4) is 0 Å². The van der Waals surface area contributed by atoms with E-state index >= 15 is 0 Å². The van der Waals surface area contributed by atoms with E-state index in [1.54, 1.807) is 0 Å². The van der Waals surface area contributed by atoms with E-state index in [1.807, 2.05) is 0 Å². The van der Waals surface area contributed by atoms with Gasteiger partial charge in [0, 0.05) is 6.08 Å². The second kappa shape index (κ2) is 5.03. The van der Waals surface area contributed by atoms with Crippen LogP contribution >= 0.6 is 0 Å². The Morgan fingerprint density at radius 2 is 2.06 bits per heavy atom. The maximum absolute atomic E-state index is 11.3. The third-order valence-corrected chi connectivity index (χ3v) is 4.34. The fourth-order valence-electron chi connectivity index (χ4n) is 3.42. The second-order valence-electron chi connectivity index (χ2n) is 5.44. The molecule has 2 rings (SSSR count). The van der Waals surface area contributed by atoms with Gasteiger partial charge in [-0.3, -0.25) is 0 Å². The highest BCUT2D eigenvalue weighted by molar-refractivity contribution is 5.81. The summed E-state index contributed by atoms with van der Waals surface area (Å²) < 4.78 is 5.50. The molecule has 0 aromatic carbocycles. The van der Waals surface area contributed by atoms with Gasteiger partial charge in [-0.15, -0.1) is 0 Å². The molecule has 16 heavy (non-hydrogen) atoms. The van der Waals surface area contributed by atoms with E-state index in [2.05, 4.69) is 13.5 Å². The van der Waals surface area contributed by atoms with Gasteiger partial charge < -0.3 is 4.74 Å². The summed E-state index contributed by atoms with van der Waals surface area (Å²) in [6.45, 7) is 5.78. The van der Waals surface area contributed by atoms with Crippen molar-refractivity contribution in [1.82, 2.24) is 0 Å². The zero-order valence-corrected chi connectivity index (χ0v) is 10.2. The second-order valence-corrected chi connectivity index (χ2v) is 5.44. The maximum Gasteiger partial charge on any atom is 0.330 e. The number of ether oxygens (including phenoxy) is 1. The Bertz CT molecular complexity index is 272. The average molecular weight is 222 g/mol. The van der Waals surface area contributed by atoms with E-state index in [-0.39, 0.29) is 12.1 Å². The number of rotatable bonds is 2. The quantitative estimate of drug-likeness (QED) is 0.529. The van der Waals surface area contributed by atoms with E-state index in [0.717, 1.165) is 12.3 Å². The van der Waals surface area contributed by atoms with Crippen LogP contribution in [0, 0.1) is 17.8 Å². The van der Waals surface area contributed by atoms with Gasteiger partial charge in [-0.1, -0.05) is 39.2 Å². The standard InChI is InChI=1S/C14H22O2/c1-3-14(15)16-13-9-11-7-5-4-6-10(2)12(13)8-11/h3,10-13H,1,4-9H2,2H3/t10?,11-,12?,13?/m1/s1. The van der Waals surface area contributed by atoms with Gasteiger partial charge in [-0.05, 0) is 30.6 Å². The van der Waals surface area contributed by atoms with Crippen molar-refractivity contribution in [3.63, 3.8) is 0 Å². The maximum atomic E-state index is 11.3. The molecular weight excluding hydrogens is 200 g/mol. The molecule has 0 heterocycles. The Kier molecular flexibility index (Phi) is 3.67. The molecule has 0 radical (unpaired) electrons. The number of hydrogen-bond acceptors (Lipinski definition) is 2. The van der Waals surface area contributed by atoms with Crippen LogP contribution < -0.4 is 0 Å². The van der Waals surface area contributed by atoms with Crippen molar-refractivity contribution in [1.29, 1.82) is 0 Å². The van der Waals surface area contributed by atoms with Crippen LogP contribution in [0.25, 0.3) is 0 Å². The van der Waals surface area contributed by atoms with E-state index in [1.165, 1.54) is 38.2 Å². The summed E-state index contributed by atoms with van der Waals surface area (Å²) in [4.78, 5) is 11.3. The number of carbonyl (C=O) groups excluding carboxylic acids is 1. The summed E-state index contributed by atoms with van der Waals surface area (Å²) in [6, 6.07) is 0. The van der Waals surface area contributed by atoms with E-state index in [4.69, 9.17) is 4.74 Å². The number of fused-ring (bicyclic) bond motifs is 2. The Hall–Kier alpha value is -0.790. The summed E-state index contributed by atoms with van der Waals surface area (Å²) >= 11 is 0. The highest BCUT2D eigenvalue weighted by atomic mass is 16.5. The van der Waals surface area contributed by atoms with Crippen LogP contribution in [0.1, 0.15) is 45.4 Å². The molecule has 0 aromatic rings. The molecule has 0 spiro atoms. The summed E-state index contributed by atoms with van der Waals surface area (Å²) in [5.41, 5.74) is 0. The molecule has 2 bridgehead atoms. The molecule has 2 aliphatic rings. The Balaban J connectivity index is 2.02. The molecule has 0 aliphatic heterocycles. The summed E-state index contributed by atoms with van der Waals surface area (Å²) in [6.07, 6.45) is 9.09. The minimum Gasteiger partial charge on any atom is -0.459 e. The highest BCUT2D eigenvalue weighted by Crippen LogP contribution is 2.43. The molecule has 0 saturated heterocycles. The number of hydrogen-bond donors (Lipinski definition) is 0. The van der Waals surface area contributed by atoms with E-state index in [0.29, 0.717) is 11.8 Å². The third-order valence-electron chi connectivity index (χ3n) is 4.34. The lowest BCUT2D eigenvalue weighted by molar-refractivity contribution is -0.145. The highest BCUT2D eigenvalue weighted by Gasteiger charge is 2.39. The smallest absolute Gasteiger partial charge is 0.330 e. The lowest BCUT2D eigenvalue weighted by atomic mass is 9.83. The fraction of sp³-hybridized carbons (Fsp3) is 0.786. The van der Waals surface area contributed by atoms with Crippen molar-refractivity contribution >= 4 is 5.97 Å². The molecule has 2 saturated carbocycles. The van der Waals surface area contributed by atoms with Gasteiger partial charge >= 0.3 is 5.97 Å². The molecule has 2 fully saturated rings. The van der Waals surface area contributed by atoms with Gasteiger partial charge in [0.05, 0.1) is 0 Å². The van der Waals surface area contributed by atoms with Crippen molar-refractivity contribution < 1.29 is 9.53 Å². The van der Waals surface area contributed by atoms with Gasteiger partial charge in [0.1, 0.15) is 6.10 Å². The van der Waals surface area contributed by atoms with Gasteiger partial charge in [-0.25, -0.2) is 4.79 Å². The Morgan fingerprint density at radius 1 is 1.31 bits per heavy atom. The molecule has 2 heteroatoms. The predicted molar refractivity (Wildman–Crippen MR) is 63.9 cm³/mol. The van der Waals surface area contributed by atoms with Crippen LogP contribution in [0.2, 0.25) is 0 Å². The van der Waals surface area contributed by atoms with Crippen LogP contribution in [-0.2, 0) is 9.53 Å². The lowest BCUT2D eigenvalue weighted by Crippen LogP contribution is -2.26. The van der Waals surface area contributed by atoms with Crippen molar-refractivity contribution in [2.75, 3.05) is 0 Å². The summed E-state index contributed by atoms with van der Waals surface area (Å²) in [5.74, 6) is 1.83. The number of carbonyl (C=O) groups is 1. The molecule has 0 aromatic heterocycles. The zero-order chi connectivity index (χ0) is 11.5. The molecule has 2 aliphatic carbocycles.